The smallest absolute Gasteiger partial charge is 0.407 e. The van der Waals surface area contributed by atoms with Crippen LogP contribution in [0.1, 0.15) is 157 Å². The second-order valence-electron chi connectivity index (χ2n) is 28.0. The Balaban J connectivity index is 0.000000282. The van der Waals surface area contributed by atoms with Crippen LogP contribution in [-0.2, 0) is 43.7 Å². The van der Waals surface area contributed by atoms with Crippen molar-refractivity contribution in [2.24, 2.45) is 0 Å². The molecule has 0 heterocycles. The standard InChI is InChI=1S/C44H43ClN2O6.C24H28N2O6.C20H16Cl2.3CH4.H2/c1-29-22-24-31(25-23-29)44(30-14-6-5-7-15-30,37-20-12-13-21-38(37)45)52-40(48)39(26-27-46-41(49)53-43(2,3)4)47-42(50)51-28-36-34-18-10-8-16-32(34)33-17-9-11-19-35(33)36;1-24(2,3)32-22(29)25-13-12-20(21(27)28)26-23(30)31-14-19-17-10-6-4-8-15(17)16-9-5-7-11-18(16)19;1-15-11-13-17(14-12-15)20(22,16-7-3-2-4-8-16)18-9-5-6-10-19(18)21;;;;/h5-25,36,39H,26-28H2,1-4H3,(H,46,49)(H,47,50);4-11,19-20H,12-14H2,1-3H3,(H,25,29)(H,26,30)(H,27,28);2-14H,1H3;3*1H4;1H/i;;;;;;1+1. The maximum absolute atomic E-state index is 14.6. The molecule has 0 radical (unpaired) electrons. The molecule has 0 saturated heterocycles. The van der Waals surface area contributed by atoms with E-state index in [9.17, 15) is 33.9 Å². The van der Waals surface area contributed by atoms with Gasteiger partial charge in [0.15, 0.2) is 5.60 Å². The minimum Gasteiger partial charge on any atom is -0.480 e. The molecule has 10 aromatic carbocycles. The Hall–Kier alpha value is -10.9. The third-order valence-electron chi connectivity index (χ3n) is 18.1. The van der Waals surface area contributed by atoms with Crippen molar-refractivity contribution in [2.75, 3.05) is 26.3 Å². The lowest BCUT2D eigenvalue weighted by molar-refractivity contribution is -0.156. The van der Waals surface area contributed by atoms with Gasteiger partial charge in [0, 0.05) is 58.7 Å². The molecular weight excluding hydrogens is 1450 g/mol. The Morgan fingerprint density at radius 3 is 1.11 bits per heavy atom. The molecule has 0 aromatic heterocycles. The van der Waals surface area contributed by atoms with Gasteiger partial charge in [0.1, 0.15) is 41.4 Å². The fourth-order valence-electron chi connectivity index (χ4n) is 13.1. The van der Waals surface area contributed by atoms with Crippen molar-refractivity contribution >= 4 is 71.1 Å². The lowest BCUT2D eigenvalue weighted by atomic mass is 9.79. The first-order valence-corrected chi connectivity index (χ1v) is 36.4. The van der Waals surface area contributed by atoms with Crippen LogP contribution in [0.4, 0.5) is 19.2 Å². The minimum absolute atomic E-state index is 0. The number of hydrogen-bond acceptors (Lipinski definition) is 11. The van der Waals surface area contributed by atoms with Gasteiger partial charge in [-0.2, -0.15) is 0 Å². The van der Waals surface area contributed by atoms with E-state index in [1.165, 1.54) is 5.56 Å². The summed E-state index contributed by atoms with van der Waals surface area (Å²) in [6, 6.07) is 79.9. The molecule has 2 aliphatic carbocycles. The summed E-state index contributed by atoms with van der Waals surface area (Å²) in [7, 11) is 0. The summed E-state index contributed by atoms with van der Waals surface area (Å²) in [4.78, 5) is 75.5. The van der Waals surface area contributed by atoms with E-state index in [-0.39, 0.29) is 74.7 Å². The molecule has 110 heavy (non-hydrogen) atoms. The number of ether oxygens (including phenoxy) is 5. The molecule has 5 N–H and O–H groups in total. The minimum atomic E-state index is -1.51. The summed E-state index contributed by atoms with van der Waals surface area (Å²) >= 11 is 20.5. The number of nitrogens with one attached hydrogen (secondary N) is 4. The summed E-state index contributed by atoms with van der Waals surface area (Å²) < 4.78 is 28.4. The number of aliphatic carboxylic acids is 1. The van der Waals surface area contributed by atoms with Crippen molar-refractivity contribution in [3.63, 3.8) is 0 Å². The summed E-state index contributed by atoms with van der Waals surface area (Å²) in [5, 5.41) is 20.7. The van der Waals surface area contributed by atoms with Gasteiger partial charge >= 0.3 is 36.3 Å². The van der Waals surface area contributed by atoms with Crippen molar-refractivity contribution in [2.45, 2.75) is 136 Å². The predicted molar refractivity (Wildman–Crippen MR) is 441 cm³/mol. The number of esters is 1. The zero-order valence-electron chi connectivity index (χ0n) is 60.9. The second-order valence-corrected chi connectivity index (χ2v) is 29.4. The van der Waals surface area contributed by atoms with E-state index < -0.39 is 70.1 Å². The van der Waals surface area contributed by atoms with Crippen molar-refractivity contribution in [3.05, 3.63) is 332 Å². The van der Waals surface area contributed by atoms with Crippen LogP contribution in [0.2, 0.25) is 10.0 Å². The van der Waals surface area contributed by atoms with Gasteiger partial charge in [-0.05, 0) is 136 Å². The molecule has 2 aliphatic rings. The molecule has 12 rings (SSSR count). The monoisotopic (exact) mass is 1550 g/mol. The van der Waals surface area contributed by atoms with E-state index in [1.54, 1.807) is 47.6 Å². The van der Waals surface area contributed by atoms with Crippen LogP contribution in [0.25, 0.3) is 22.3 Å². The highest BCUT2D eigenvalue weighted by molar-refractivity contribution is 6.35. The number of aryl methyl sites for hydroxylation is 2. The molecule has 10 aromatic rings. The van der Waals surface area contributed by atoms with Crippen molar-refractivity contribution < 1.29 is 59.0 Å². The number of carboxylic acid groups (broad SMARTS) is 1. The van der Waals surface area contributed by atoms with Crippen LogP contribution in [-0.4, -0.2) is 91.0 Å². The number of hydrogen-bond donors (Lipinski definition) is 5. The SMILES string of the molecule is C.C.C.CC(C)(C)OC(=O)NCCC(NC(=O)OCC1c2ccccc2-c2ccccc21)C(=O)O.Cc1ccc(C(Cl)(c2ccccc2)c2ccccc2Cl)cc1.Cc1ccc(C(OC(=O)C(CCNC(=O)OC(C)(C)C)NC(=O)OCC2c3ccccc3-c3ccccc32)(c2ccccc2)c2ccccc2Cl)cc1.[2HH]. The molecule has 19 heteroatoms. The maximum atomic E-state index is 14.6. The van der Waals surface area contributed by atoms with Crippen molar-refractivity contribution in [1.82, 2.24) is 21.3 Å². The Kier molecular flexibility index (Phi) is 30.6. The summed E-state index contributed by atoms with van der Waals surface area (Å²) in [6.45, 7) is 14.7. The average molecular weight is 1550 g/mol. The van der Waals surface area contributed by atoms with Crippen molar-refractivity contribution in [1.29, 1.82) is 0 Å². The highest BCUT2D eigenvalue weighted by atomic mass is 35.5. The summed E-state index contributed by atoms with van der Waals surface area (Å²) in [6.07, 6.45) is -2.97. The van der Waals surface area contributed by atoms with E-state index in [0.717, 1.165) is 66.8 Å². The number of carboxylic acids is 1. The van der Waals surface area contributed by atoms with Crippen molar-refractivity contribution in [3.8, 4) is 22.3 Å². The fraction of sp³-hybridized carbons (Fsp3) is 0.275. The topological polar surface area (TPSA) is 217 Å². The molecule has 4 amide bonds. The van der Waals surface area contributed by atoms with Gasteiger partial charge in [-0.15, -0.1) is 11.6 Å². The Morgan fingerprint density at radius 1 is 0.400 bits per heavy atom. The first-order valence-electron chi connectivity index (χ1n) is 35.3. The quantitative estimate of drug-likeness (QED) is 0.0197. The third kappa shape index (κ3) is 21.5. The first-order chi connectivity index (χ1) is 51.2. The first kappa shape index (κ1) is 86.3. The largest absolute Gasteiger partial charge is 0.480 e. The average Bonchev–Trinajstić information content (AvgIpc) is 1.64. The van der Waals surface area contributed by atoms with Crippen LogP contribution in [0.3, 0.4) is 0 Å². The normalized spacial score (nSPS) is 13.3. The van der Waals surface area contributed by atoms with Gasteiger partial charge in [-0.3, -0.25) is 0 Å². The molecule has 578 valence electrons. The number of alkyl halides is 1. The van der Waals surface area contributed by atoms with E-state index >= 15 is 0 Å². The number of alkyl carbamates (subject to hydrolysis) is 4. The zero-order chi connectivity index (χ0) is 76.5. The summed E-state index contributed by atoms with van der Waals surface area (Å²) in [5.74, 6) is -2.27. The summed E-state index contributed by atoms with van der Waals surface area (Å²) in [5.41, 5.74) is 12.8. The van der Waals surface area contributed by atoms with E-state index in [4.69, 9.17) is 58.5 Å². The number of amides is 4. The highest BCUT2D eigenvalue weighted by Gasteiger charge is 2.44. The molecule has 0 spiro atoms. The zero-order valence-corrected chi connectivity index (χ0v) is 63.1. The number of halogens is 3. The van der Waals surface area contributed by atoms with Crippen LogP contribution in [0.5, 0.6) is 0 Å². The Labute approximate surface area is 663 Å². The lowest BCUT2D eigenvalue weighted by Gasteiger charge is -2.37. The molecule has 0 saturated carbocycles. The number of carbonyl (C=O) groups excluding carboxylic acids is 5. The van der Waals surface area contributed by atoms with Gasteiger partial charge in [0.05, 0.1) is 0 Å². The van der Waals surface area contributed by atoms with E-state index in [1.807, 2.05) is 219 Å². The molecule has 0 fully saturated rings. The van der Waals surface area contributed by atoms with Crippen LogP contribution >= 0.6 is 34.8 Å². The number of carbonyl (C=O) groups is 6. The van der Waals surface area contributed by atoms with Crippen LogP contribution in [0.15, 0.2) is 255 Å². The van der Waals surface area contributed by atoms with Gasteiger partial charge < -0.3 is 50.1 Å². The van der Waals surface area contributed by atoms with Crippen LogP contribution < -0.4 is 21.3 Å². The van der Waals surface area contributed by atoms with Gasteiger partial charge in [-0.25, -0.2) is 28.8 Å². The van der Waals surface area contributed by atoms with Gasteiger partial charge in [-0.1, -0.05) is 299 Å². The Morgan fingerprint density at radius 2 is 0.718 bits per heavy atom. The highest BCUT2D eigenvalue weighted by Crippen LogP contribution is 2.49. The molecule has 16 nitrogen and oxygen atoms in total. The van der Waals surface area contributed by atoms with Gasteiger partial charge in [0.25, 0.3) is 0 Å². The number of benzene rings is 10. The van der Waals surface area contributed by atoms with Gasteiger partial charge in [0.2, 0.25) is 0 Å². The fourth-order valence-corrected chi connectivity index (χ4v) is 14.1. The Bertz CT molecular complexity index is 4660. The van der Waals surface area contributed by atoms with E-state index in [0.29, 0.717) is 26.7 Å². The van der Waals surface area contributed by atoms with E-state index in [2.05, 4.69) is 64.6 Å². The molecular formula is C91H101Cl3N4O12. The molecule has 4 unspecified atom stereocenters. The number of fused-ring (bicyclic) bond motifs is 6. The molecule has 0 aliphatic heterocycles. The third-order valence-corrected chi connectivity index (χ3v) is 19.4. The predicted octanol–water partition coefficient (Wildman–Crippen LogP) is 21.5. The maximum Gasteiger partial charge on any atom is 0.407 e. The molecule has 0 bridgehead atoms. The lowest BCUT2D eigenvalue weighted by Crippen LogP contribution is -2.48. The second kappa shape index (κ2) is 38.9. The number of rotatable bonds is 21. The van der Waals surface area contributed by atoms with Crippen LogP contribution in [0, 0.1) is 13.8 Å². The molecule has 4 atom stereocenters.